The summed E-state index contributed by atoms with van der Waals surface area (Å²) >= 11 is 3.20. The molecule has 0 bridgehead atoms. The van der Waals surface area contributed by atoms with E-state index >= 15 is 0 Å². The Balaban J connectivity index is 2.12. The maximum absolute atomic E-state index is 11.4. The highest BCUT2D eigenvalue weighted by atomic mass is 79.9. The molecule has 84 valence electrons. The molecule has 6 heteroatoms. The highest BCUT2D eigenvalue weighted by Gasteiger charge is 2.27. The molecule has 1 aromatic rings. The number of amides is 1. The summed E-state index contributed by atoms with van der Waals surface area (Å²) in [4.78, 5) is 11.4. The Kier molecular flexibility index (Phi) is 3.63. The number of hydrogen-bond donors (Lipinski definition) is 2. The van der Waals surface area contributed by atoms with E-state index in [9.17, 15) is 9.82 Å². The van der Waals surface area contributed by atoms with Crippen LogP contribution in [-0.4, -0.2) is 23.4 Å². The third-order valence-corrected chi connectivity index (χ3v) is 2.81. The van der Waals surface area contributed by atoms with E-state index in [2.05, 4.69) is 21.2 Å². The molecule has 1 aliphatic rings. The highest BCUT2D eigenvalue weighted by Crippen LogP contribution is 2.14. The van der Waals surface area contributed by atoms with Crippen LogP contribution in [0, 0.1) is 0 Å². The Hall–Kier alpha value is -0.845. The third-order valence-electron chi connectivity index (χ3n) is 2.41. The molecular weight excluding hydrogens is 273 g/mol. The summed E-state index contributed by atoms with van der Waals surface area (Å²) in [6.07, 6.45) is 0.427. The molecule has 0 aromatic heterocycles. The maximum atomic E-state index is 11.4. The number of hydrogen-bond acceptors (Lipinski definition) is 3. The molecule has 0 aliphatic carbocycles. The van der Waals surface area contributed by atoms with Gasteiger partial charge in [-0.25, -0.2) is 0 Å². The number of alkyl halides is 1. The predicted octanol–water partition coefficient (Wildman–Crippen LogP) is 0.628. The molecule has 0 fully saturated rings. The quantitative estimate of drug-likeness (QED) is 0.632. The van der Waals surface area contributed by atoms with Crippen molar-refractivity contribution in [2.24, 2.45) is 0 Å². The number of fused-ring (bicyclic) bond motifs is 1. The Bertz CT molecular complexity index is 413. The van der Waals surface area contributed by atoms with Gasteiger partial charge >= 0.3 is 7.12 Å². The zero-order chi connectivity index (χ0) is 11.5. The van der Waals surface area contributed by atoms with E-state index in [1.54, 1.807) is 6.07 Å². The fraction of sp³-hybridized carbons (Fsp3) is 0.300. The van der Waals surface area contributed by atoms with Crippen molar-refractivity contribution in [3.05, 3.63) is 23.8 Å². The van der Waals surface area contributed by atoms with E-state index in [1.807, 2.05) is 12.1 Å². The molecule has 2 N–H and O–H groups in total. The third kappa shape index (κ3) is 2.45. The lowest BCUT2D eigenvalue weighted by atomic mass is 9.79. The summed E-state index contributed by atoms with van der Waals surface area (Å²) < 4.78 is 5.07. The number of carbonyl (C=O) groups is 1. The van der Waals surface area contributed by atoms with Crippen molar-refractivity contribution in [2.75, 3.05) is 10.6 Å². The fourth-order valence-corrected chi connectivity index (χ4v) is 1.96. The highest BCUT2D eigenvalue weighted by molar-refractivity contribution is 9.09. The second-order valence-corrected chi connectivity index (χ2v) is 4.36. The zero-order valence-electron chi connectivity index (χ0n) is 8.57. The van der Waals surface area contributed by atoms with Gasteiger partial charge in [0.15, 0.2) is 0 Å². The van der Waals surface area contributed by atoms with Crippen molar-refractivity contribution >= 4 is 40.1 Å². The number of rotatable bonds is 3. The van der Waals surface area contributed by atoms with E-state index in [-0.39, 0.29) is 5.91 Å². The lowest BCUT2D eigenvalue weighted by Gasteiger charge is -2.06. The van der Waals surface area contributed by atoms with Gasteiger partial charge in [-0.15, -0.1) is 0 Å². The van der Waals surface area contributed by atoms with Crippen LogP contribution in [0.3, 0.4) is 0 Å². The number of benzene rings is 1. The number of nitrogens with one attached hydrogen (secondary N) is 1. The minimum atomic E-state index is -0.872. The van der Waals surface area contributed by atoms with Crippen molar-refractivity contribution in [1.29, 1.82) is 0 Å². The average Bonchev–Trinajstić information content (AvgIpc) is 2.61. The van der Waals surface area contributed by atoms with Crippen LogP contribution in [0.1, 0.15) is 12.0 Å². The van der Waals surface area contributed by atoms with Crippen LogP contribution in [0.4, 0.5) is 5.69 Å². The van der Waals surface area contributed by atoms with Crippen LogP contribution in [0.2, 0.25) is 0 Å². The van der Waals surface area contributed by atoms with Gasteiger partial charge < -0.3 is 15.0 Å². The minimum absolute atomic E-state index is 0.0507. The first-order chi connectivity index (χ1) is 7.70. The van der Waals surface area contributed by atoms with Gasteiger partial charge in [0.2, 0.25) is 5.91 Å². The Labute approximate surface area is 102 Å². The molecule has 1 aromatic carbocycles. The van der Waals surface area contributed by atoms with E-state index in [4.69, 9.17) is 4.65 Å². The van der Waals surface area contributed by atoms with Gasteiger partial charge in [0.05, 0.1) is 6.61 Å². The first-order valence-corrected chi connectivity index (χ1v) is 6.11. The fourth-order valence-electron chi connectivity index (χ4n) is 1.60. The van der Waals surface area contributed by atoms with Crippen molar-refractivity contribution in [2.45, 2.75) is 13.0 Å². The summed E-state index contributed by atoms with van der Waals surface area (Å²) in [6.45, 7) is 0.423. The first kappa shape index (κ1) is 11.6. The molecule has 0 spiro atoms. The second-order valence-electron chi connectivity index (χ2n) is 3.56. The summed E-state index contributed by atoms with van der Waals surface area (Å²) in [5.74, 6) is -0.0507. The number of halogens is 1. The number of anilines is 1. The lowest BCUT2D eigenvalue weighted by Crippen LogP contribution is -2.28. The van der Waals surface area contributed by atoms with E-state index < -0.39 is 7.12 Å². The summed E-state index contributed by atoms with van der Waals surface area (Å²) in [7, 11) is -0.872. The Morgan fingerprint density at radius 2 is 2.44 bits per heavy atom. The Morgan fingerprint density at radius 3 is 3.19 bits per heavy atom. The van der Waals surface area contributed by atoms with Crippen molar-refractivity contribution in [3.8, 4) is 0 Å². The molecule has 2 rings (SSSR count). The minimum Gasteiger partial charge on any atom is -0.423 e. The molecule has 0 saturated heterocycles. The van der Waals surface area contributed by atoms with Crippen LogP contribution in [0.25, 0.3) is 0 Å². The SMILES string of the molecule is O=C(CCBr)Nc1ccc2c(c1)B(O)OC2. The van der Waals surface area contributed by atoms with Crippen molar-refractivity contribution < 1.29 is 14.5 Å². The van der Waals surface area contributed by atoms with Crippen LogP contribution < -0.4 is 10.8 Å². The topological polar surface area (TPSA) is 58.6 Å². The number of carbonyl (C=O) groups excluding carboxylic acids is 1. The van der Waals surface area contributed by atoms with Gasteiger partial charge in [-0.3, -0.25) is 4.79 Å². The van der Waals surface area contributed by atoms with Gasteiger partial charge in [0.1, 0.15) is 0 Å². The van der Waals surface area contributed by atoms with Gasteiger partial charge in [-0.2, -0.15) is 0 Å². The van der Waals surface area contributed by atoms with Crippen LogP contribution in [-0.2, 0) is 16.1 Å². The summed E-state index contributed by atoms with van der Waals surface area (Å²) in [6, 6.07) is 5.42. The van der Waals surface area contributed by atoms with Gasteiger partial charge in [-0.05, 0) is 23.2 Å². The maximum Gasteiger partial charge on any atom is 0.491 e. The van der Waals surface area contributed by atoms with Gasteiger partial charge in [-0.1, -0.05) is 22.0 Å². The first-order valence-electron chi connectivity index (χ1n) is 4.99. The monoisotopic (exact) mass is 283 g/mol. The molecule has 1 aliphatic heterocycles. The molecule has 0 radical (unpaired) electrons. The average molecular weight is 284 g/mol. The smallest absolute Gasteiger partial charge is 0.423 e. The van der Waals surface area contributed by atoms with Crippen LogP contribution in [0.15, 0.2) is 18.2 Å². The molecule has 1 amide bonds. The summed E-state index contributed by atoms with van der Waals surface area (Å²) in [5, 5.41) is 12.9. The standard InChI is InChI=1S/C10H11BBrNO3/c12-4-3-10(14)13-8-2-1-7-6-16-11(15)9(7)5-8/h1-2,5,15H,3-4,6H2,(H,13,14). The van der Waals surface area contributed by atoms with Crippen molar-refractivity contribution in [3.63, 3.8) is 0 Å². The van der Waals surface area contributed by atoms with Crippen LogP contribution >= 0.6 is 15.9 Å². The lowest BCUT2D eigenvalue weighted by molar-refractivity contribution is -0.115. The van der Waals surface area contributed by atoms with E-state index in [1.165, 1.54) is 0 Å². The zero-order valence-corrected chi connectivity index (χ0v) is 10.2. The van der Waals surface area contributed by atoms with Gasteiger partial charge in [0, 0.05) is 17.4 Å². The molecule has 0 unspecified atom stereocenters. The molecular formula is C10H11BBrNO3. The van der Waals surface area contributed by atoms with Gasteiger partial charge in [0.25, 0.3) is 0 Å². The molecule has 0 saturated carbocycles. The molecule has 1 heterocycles. The molecule has 16 heavy (non-hydrogen) atoms. The largest absolute Gasteiger partial charge is 0.491 e. The van der Waals surface area contributed by atoms with Crippen LogP contribution in [0.5, 0.6) is 0 Å². The van der Waals surface area contributed by atoms with E-state index in [0.29, 0.717) is 24.0 Å². The molecule has 0 atom stereocenters. The van der Waals surface area contributed by atoms with Crippen molar-refractivity contribution in [1.82, 2.24) is 0 Å². The second kappa shape index (κ2) is 4.99. The summed E-state index contributed by atoms with van der Waals surface area (Å²) in [5.41, 5.74) is 2.39. The normalized spacial score (nSPS) is 13.8. The predicted molar refractivity (Wildman–Crippen MR) is 65.9 cm³/mol. The van der Waals surface area contributed by atoms with E-state index in [0.717, 1.165) is 11.0 Å². The molecule has 4 nitrogen and oxygen atoms in total. The Morgan fingerprint density at radius 1 is 1.62 bits per heavy atom.